The number of ether oxygens (including phenoxy) is 1. The van der Waals surface area contributed by atoms with Crippen molar-refractivity contribution in [1.29, 1.82) is 5.26 Å². The zero-order valence-corrected chi connectivity index (χ0v) is 11.7. The van der Waals surface area contributed by atoms with E-state index in [-0.39, 0.29) is 12.4 Å². The third kappa shape index (κ3) is 3.39. The number of carbonyl (C=O) groups excluding carboxylic acids is 1. The molecule has 0 saturated carbocycles. The Kier molecular flexibility index (Phi) is 5.09. The molecule has 1 rings (SSSR count). The molecule has 16 heavy (non-hydrogen) atoms. The summed E-state index contributed by atoms with van der Waals surface area (Å²) in [5, 5.41) is 8.89. The zero-order chi connectivity index (χ0) is 12.1. The SMILES string of the molecule is CCOC(=O)Cc1cc(I)cc(C#N)c1S. The van der Waals surface area contributed by atoms with Gasteiger partial charge < -0.3 is 4.74 Å². The number of esters is 1. The van der Waals surface area contributed by atoms with E-state index in [9.17, 15) is 4.79 Å². The van der Waals surface area contributed by atoms with E-state index in [0.717, 1.165) is 9.13 Å². The lowest BCUT2D eigenvalue weighted by Crippen LogP contribution is -2.08. The molecule has 0 spiro atoms. The summed E-state index contributed by atoms with van der Waals surface area (Å²) >= 11 is 6.35. The molecule has 0 aromatic heterocycles. The van der Waals surface area contributed by atoms with Crippen LogP contribution in [-0.4, -0.2) is 12.6 Å². The highest BCUT2D eigenvalue weighted by Gasteiger charge is 2.11. The minimum absolute atomic E-state index is 0.151. The number of hydrogen-bond acceptors (Lipinski definition) is 4. The quantitative estimate of drug-likeness (QED) is 0.519. The first kappa shape index (κ1) is 13.3. The second-order valence-corrected chi connectivity index (χ2v) is 4.75. The maximum Gasteiger partial charge on any atom is 0.310 e. The lowest BCUT2D eigenvalue weighted by Gasteiger charge is -2.07. The Balaban J connectivity index is 3.01. The molecule has 5 heteroatoms. The van der Waals surface area contributed by atoms with Gasteiger partial charge in [0.15, 0.2) is 0 Å². The molecule has 0 radical (unpaired) electrons. The van der Waals surface area contributed by atoms with Gasteiger partial charge in [0, 0.05) is 8.47 Å². The molecule has 0 aliphatic rings. The summed E-state index contributed by atoms with van der Waals surface area (Å²) in [6.07, 6.45) is 0.151. The van der Waals surface area contributed by atoms with Gasteiger partial charge in [0.2, 0.25) is 0 Å². The molecule has 0 fully saturated rings. The number of nitriles is 1. The first-order valence-electron chi connectivity index (χ1n) is 4.65. The molecule has 1 aromatic rings. The average molecular weight is 347 g/mol. The molecule has 1 aromatic carbocycles. The lowest BCUT2D eigenvalue weighted by molar-refractivity contribution is -0.142. The molecular formula is C11H10INO2S. The molecule has 0 saturated heterocycles. The summed E-state index contributed by atoms with van der Waals surface area (Å²) in [5.74, 6) is -0.302. The molecule has 0 unspecified atom stereocenters. The summed E-state index contributed by atoms with van der Waals surface area (Å²) in [6.45, 7) is 2.12. The van der Waals surface area contributed by atoms with Gasteiger partial charge in [-0.2, -0.15) is 5.26 Å². The largest absolute Gasteiger partial charge is 0.466 e. The van der Waals surface area contributed by atoms with Crippen molar-refractivity contribution in [2.24, 2.45) is 0 Å². The number of halogens is 1. The van der Waals surface area contributed by atoms with Crippen LogP contribution in [0.3, 0.4) is 0 Å². The highest BCUT2D eigenvalue weighted by atomic mass is 127. The van der Waals surface area contributed by atoms with Crippen LogP contribution in [0.4, 0.5) is 0 Å². The first-order valence-corrected chi connectivity index (χ1v) is 6.18. The highest BCUT2D eigenvalue weighted by Crippen LogP contribution is 2.22. The van der Waals surface area contributed by atoms with Crippen molar-refractivity contribution in [3.63, 3.8) is 0 Å². The molecule has 0 aliphatic heterocycles. The fourth-order valence-corrected chi connectivity index (χ4v) is 2.19. The molecule has 0 aliphatic carbocycles. The summed E-state index contributed by atoms with van der Waals surface area (Å²) in [5.41, 5.74) is 1.21. The van der Waals surface area contributed by atoms with E-state index in [1.165, 1.54) is 0 Å². The van der Waals surface area contributed by atoms with E-state index in [4.69, 9.17) is 10.00 Å². The zero-order valence-electron chi connectivity index (χ0n) is 8.66. The van der Waals surface area contributed by atoms with Crippen LogP contribution in [0, 0.1) is 14.9 Å². The van der Waals surface area contributed by atoms with Crippen molar-refractivity contribution in [1.82, 2.24) is 0 Å². The Morgan fingerprint density at radius 3 is 2.88 bits per heavy atom. The van der Waals surface area contributed by atoms with Gasteiger partial charge in [-0.05, 0) is 47.2 Å². The van der Waals surface area contributed by atoms with Crippen LogP contribution in [0.15, 0.2) is 17.0 Å². The van der Waals surface area contributed by atoms with Crippen molar-refractivity contribution >= 4 is 41.2 Å². The van der Waals surface area contributed by atoms with Crippen LogP contribution in [-0.2, 0) is 16.0 Å². The van der Waals surface area contributed by atoms with Crippen molar-refractivity contribution in [3.05, 3.63) is 26.8 Å². The minimum Gasteiger partial charge on any atom is -0.466 e. The van der Waals surface area contributed by atoms with Gasteiger partial charge in [0.1, 0.15) is 6.07 Å². The summed E-state index contributed by atoms with van der Waals surface area (Å²) in [6, 6.07) is 5.62. The normalized spacial score (nSPS) is 9.62. The fourth-order valence-electron chi connectivity index (χ4n) is 1.24. The second-order valence-electron chi connectivity index (χ2n) is 3.05. The average Bonchev–Trinajstić information content (AvgIpc) is 2.23. The van der Waals surface area contributed by atoms with E-state index in [0.29, 0.717) is 17.1 Å². The standard InChI is InChI=1S/C11H10INO2S/c1-2-15-10(14)5-7-3-9(12)4-8(6-13)11(7)16/h3-4,16H,2,5H2,1H3. The smallest absolute Gasteiger partial charge is 0.310 e. The van der Waals surface area contributed by atoms with Gasteiger partial charge in [-0.1, -0.05) is 0 Å². The summed E-state index contributed by atoms with van der Waals surface area (Å²) < 4.78 is 5.76. The Labute approximate surface area is 113 Å². The van der Waals surface area contributed by atoms with Crippen LogP contribution in [0.25, 0.3) is 0 Å². The Morgan fingerprint density at radius 1 is 1.62 bits per heavy atom. The molecule has 0 bridgehead atoms. The second kappa shape index (κ2) is 6.11. The molecule has 0 atom stereocenters. The van der Waals surface area contributed by atoms with Crippen molar-refractivity contribution < 1.29 is 9.53 Å². The van der Waals surface area contributed by atoms with Gasteiger partial charge in [-0.3, -0.25) is 4.79 Å². The van der Waals surface area contributed by atoms with Gasteiger partial charge in [0.05, 0.1) is 18.6 Å². The number of carbonyl (C=O) groups is 1. The maximum absolute atomic E-state index is 11.3. The van der Waals surface area contributed by atoms with Crippen molar-refractivity contribution in [2.75, 3.05) is 6.61 Å². The fraction of sp³-hybridized carbons (Fsp3) is 0.273. The van der Waals surface area contributed by atoms with Gasteiger partial charge in [-0.25, -0.2) is 0 Å². The molecule has 0 N–H and O–H groups in total. The number of thiol groups is 1. The van der Waals surface area contributed by atoms with Crippen LogP contribution in [0.2, 0.25) is 0 Å². The van der Waals surface area contributed by atoms with Crippen LogP contribution >= 0.6 is 35.2 Å². The Hall–Kier alpha value is -0.740. The van der Waals surface area contributed by atoms with Crippen LogP contribution in [0.1, 0.15) is 18.1 Å². The first-order chi connectivity index (χ1) is 7.58. The third-order valence-electron chi connectivity index (χ3n) is 1.91. The number of rotatable bonds is 3. The van der Waals surface area contributed by atoms with E-state index in [1.54, 1.807) is 13.0 Å². The molecular weight excluding hydrogens is 337 g/mol. The van der Waals surface area contributed by atoms with E-state index < -0.39 is 0 Å². The van der Waals surface area contributed by atoms with Gasteiger partial charge in [-0.15, -0.1) is 12.6 Å². The summed E-state index contributed by atoms with van der Waals surface area (Å²) in [4.78, 5) is 11.9. The third-order valence-corrected chi connectivity index (χ3v) is 3.07. The molecule has 0 amide bonds. The molecule has 3 nitrogen and oxygen atoms in total. The molecule has 84 valence electrons. The predicted molar refractivity (Wildman–Crippen MR) is 71.5 cm³/mol. The lowest BCUT2D eigenvalue weighted by atomic mass is 10.1. The highest BCUT2D eigenvalue weighted by molar-refractivity contribution is 14.1. The Bertz CT molecular complexity index is 454. The maximum atomic E-state index is 11.3. The monoisotopic (exact) mass is 347 g/mol. The van der Waals surface area contributed by atoms with Crippen molar-refractivity contribution in [2.45, 2.75) is 18.2 Å². The minimum atomic E-state index is -0.302. The van der Waals surface area contributed by atoms with Crippen molar-refractivity contribution in [3.8, 4) is 6.07 Å². The van der Waals surface area contributed by atoms with Gasteiger partial charge in [0.25, 0.3) is 0 Å². The van der Waals surface area contributed by atoms with E-state index >= 15 is 0 Å². The van der Waals surface area contributed by atoms with Crippen LogP contribution in [0.5, 0.6) is 0 Å². The van der Waals surface area contributed by atoms with Gasteiger partial charge >= 0.3 is 5.97 Å². The Morgan fingerprint density at radius 2 is 2.31 bits per heavy atom. The van der Waals surface area contributed by atoms with E-state index in [2.05, 4.69) is 35.2 Å². The molecule has 0 heterocycles. The summed E-state index contributed by atoms with van der Waals surface area (Å²) in [7, 11) is 0. The number of nitrogens with zero attached hydrogens (tertiary/aromatic N) is 1. The number of benzene rings is 1. The van der Waals surface area contributed by atoms with Crippen LogP contribution < -0.4 is 0 Å². The van der Waals surface area contributed by atoms with E-state index in [1.807, 2.05) is 12.1 Å². The predicted octanol–water partition coefficient (Wildman–Crippen LogP) is 2.56. The topological polar surface area (TPSA) is 50.1 Å². The number of hydrogen-bond donors (Lipinski definition) is 1.